The van der Waals surface area contributed by atoms with Crippen molar-refractivity contribution >= 4 is 28.5 Å². The van der Waals surface area contributed by atoms with E-state index in [1.165, 1.54) is 0 Å². The van der Waals surface area contributed by atoms with Crippen LogP contribution in [0.4, 0.5) is 0 Å². The molecule has 1 aliphatic heterocycles. The Kier molecular flexibility index (Phi) is 4.18. The number of hydrogen-bond donors (Lipinski definition) is 0. The first-order chi connectivity index (χ1) is 14.1. The predicted molar refractivity (Wildman–Crippen MR) is 110 cm³/mol. The maximum atomic E-state index is 13.3. The molecule has 2 aromatic carbocycles. The Balaban J connectivity index is 1.74. The maximum absolute atomic E-state index is 13.3. The molecule has 0 saturated carbocycles. The number of halogens is 1. The van der Waals surface area contributed by atoms with Gasteiger partial charge in [0, 0.05) is 24.0 Å². The Labute approximate surface area is 171 Å². The lowest BCUT2D eigenvalue weighted by Crippen LogP contribution is -2.29. The Morgan fingerprint density at radius 3 is 2.59 bits per heavy atom. The van der Waals surface area contributed by atoms with Gasteiger partial charge in [-0.05, 0) is 35.4 Å². The Hall–Kier alpha value is -3.44. The van der Waals surface area contributed by atoms with Crippen LogP contribution in [0.15, 0.2) is 82.3 Å². The van der Waals surface area contributed by atoms with Crippen molar-refractivity contribution in [1.29, 1.82) is 0 Å². The van der Waals surface area contributed by atoms with Crippen molar-refractivity contribution in [2.45, 2.75) is 12.6 Å². The third-order valence-corrected chi connectivity index (χ3v) is 5.54. The van der Waals surface area contributed by atoms with E-state index >= 15 is 0 Å². The summed E-state index contributed by atoms with van der Waals surface area (Å²) in [4.78, 5) is 32.5. The number of para-hydroxylation sites is 1. The number of amides is 1. The Morgan fingerprint density at radius 2 is 1.79 bits per heavy atom. The molecule has 2 aromatic heterocycles. The van der Waals surface area contributed by atoms with Crippen LogP contribution in [0.1, 0.15) is 33.3 Å². The summed E-state index contributed by atoms with van der Waals surface area (Å²) in [6, 6.07) is 17.4. The van der Waals surface area contributed by atoms with Crippen LogP contribution in [0.3, 0.4) is 0 Å². The number of carbonyl (C=O) groups excluding carboxylic acids is 1. The number of nitrogens with zero attached hydrogens (tertiary/aromatic N) is 2. The monoisotopic (exact) mass is 402 g/mol. The zero-order valence-corrected chi connectivity index (χ0v) is 16.0. The number of aromatic nitrogens is 1. The average molecular weight is 403 g/mol. The lowest BCUT2D eigenvalue weighted by molar-refractivity contribution is 0.0714. The molecule has 5 rings (SSSR count). The molecule has 0 bridgehead atoms. The Bertz CT molecular complexity index is 1300. The van der Waals surface area contributed by atoms with Gasteiger partial charge in [0.25, 0.3) is 5.91 Å². The average Bonchev–Trinajstić information content (AvgIpc) is 3.03. The molecule has 5 nitrogen and oxygen atoms in total. The number of rotatable bonds is 3. The van der Waals surface area contributed by atoms with Gasteiger partial charge in [0.2, 0.25) is 5.76 Å². The van der Waals surface area contributed by atoms with Crippen LogP contribution in [0.5, 0.6) is 0 Å². The van der Waals surface area contributed by atoms with Crippen LogP contribution in [0.2, 0.25) is 5.02 Å². The minimum atomic E-state index is -0.594. The molecule has 3 heterocycles. The number of fused-ring (bicyclic) bond motifs is 2. The molecule has 0 N–H and O–H groups in total. The molecule has 0 spiro atoms. The molecular formula is C23H15ClN2O3. The van der Waals surface area contributed by atoms with Crippen molar-refractivity contribution in [1.82, 2.24) is 9.88 Å². The molecule has 0 radical (unpaired) electrons. The van der Waals surface area contributed by atoms with Crippen molar-refractivity contribution in [3.05, 3.63) is 111 Å². The molecule has 0 saturated heterocycles. The SMILES string of the molecule is O=C1c2oc3ccccc3c(=O)c2[C@@H](c2cccnc2)N1Cc1ccccc1Cl. The number of benzene rings is 2. The number of pyridine rings is 1. The second kappa shape index (κ2) is 6.87. The summed E-state index contributed by atoms with van der Waals surface area (Å²) in [5.74, 6) is -0.258. The first-order valence-corrected chi connectivity index (χ1v) is 9.53. The second-order valence-electron chi connectivity index (χ2n) is 6.88. The summed E-state index contributed by atoms with van der Waals surface area (Å²) in [6.45, 7) is 0.248. The maximum Gasteiger partial charge on any atom is 0.291 e. The van der Waals surface area contributed by atoms with E-state index in [0.29, 0.717) is 21.6 Å². The van der Waals surface area contributed by atoms with E-state index in [1.807, 2.05) is 24.3 Å². The highest BCUT2D eigenvalue weighted by Gasteiger charge is 2.42. The van der Waals surface area contributed by atoms with E-state index < -0.39 is 6.04 Å². The van der Waals surface area contributed by atoms with E-state index in [2.05, 4.69) is 4.98 Å². The topological polar surface area (TPSA) is 63.4 Å². The Morgan fingerprint density at radius 1 is 1.00 bits per heavy atom. The molecule has 4 aromatic rings. The first-order valence-electron chi connectivity index (χ1n) is 9.15. The van der Waals surface area contributed by atoms with Crippen LogP contribution in [-0.2, 0) is 6.54 Å². The van der Waals surface area contributed by atoms with Crippen LogP contribution in [0, 0.1) is 0 Å². The molecule has 1 atom stereocenters. The van der Waals surface area contributed by atoms with Crippen LogP contribution >= 0.6 is 11.6 Å². The van der Waals surface area contributed by atoms with Crippen molar-refractivity contribution < 1.29 is 9.21 Å². The third kappa shape index (κ3) is 2.82. The van der Waals surface area contributed by atoms with Crippen LogP contribution in [-0.4, -0.2) is 15.8 Å². The zero-order valence-electron chi connectivity index (χ0n) is 15.2. The quantitative estimate of drug-likeness (QED) is 0.503. The molecule has 29 heavy (non-hydrogen) atoms. The minimum absolute atomic E-state index is 0.0783. The van der Waals surface area contributed by atoms with Crippen molar-refractivity contribution in [3.63, 3.8) is 0 Å². The molecule has 0 aliphatic carbocycles. The molecule has 6 heteroatoms. The van der Waals surface area contributed by atoms with E-state index in [1.54, 1.807) is 53.7 Å². The number of carbonyl (C=O) groups is 1. The normalized spacial score (nSPS) is 15.7. The lowest BCUT2D eigenvalue weighted by atomic mass is 9.99. The lowest BCUT2D eigenvalue weighted by Gasteiger charge is -2.25. The van der Waals surface area contributed by atoms with Gasteiger partial charge in [-0.1, -0.05) is 48.0 Å². The standard InChI is InChI=1S/C23H15ClN2O3/c24-17-9-3-1-6-15(17)13-26-20(14-7-5-11-25-12-14)19-21(27)16-8-2-4-10-18(16)29-22(19)23(26)28/h1-12,20H,13H2/t20-/m1/s1. The molecule has 142 valence electrons. The van der Waals surface area contributed by atoms with Gasteiger partial charge in [-0.2, -0.15) is 0 Å². The van der Waals surface area contributed by atoms with Gasteiger partial charge < -0.3 is 9.32 Å². The van der Waals surface area contributed by atoms with Gasteiger partial charge in [0.05, 0.1) is 17.0 Å². The first kappa shape index (κ1) is 17.6. The highest BCUT2D eigenvalue weighted by Crippen LogP contribution is 2.39. The molecule has 0 unspecified atom stereocenters. The van der Waals surface area contributed by atoms with Gasteiger partial charge in [-0.25, -0.2) is 0 Å². The van der Waals surface area contributed by atoms with Gasteiger partial charge in [-0.15, -0.1) is 0 Å². The third-order valence-electron chi connectivity index (χ3n) is 5.17. The van der Waals surface area contributed by atoms with Gasteiger partial charge in [-0.3, -0.25) is 14.6 Å². The van der Waals surface area contributed by atoms with Crippen molar-refractivity contribution in [2.75, 3.05) is 0 Å². The summed E-state index contributed by atoms with van der Waals surface area (Å²) in [6.07, 6.45) is 3.32. The highest BCUT2D eigenvalue weighted by molar-refractivity contribution is 6.31. The van der Waals surface area contributed by atoms with E-state index in [9.17, 15) is 9.59 Å². The zero-order chi connectivity index (χ0) is 20.0. The van der Waals surface area contributed by atoms with Crippen LogP contribution < -0.4 is 5.43 Å². The second-order valence-corrected chi connectivity index (χ2v) is 7.29. The summed E-state index contributed by atoms with van der Waals surface area (Å²) >= 11 is 6.34. The fourth-order valence-electron chi connectivity index (χ4n) is 3.82. The highest BCUT2D eigenvalue weighted by atomic mass is 35.5. The van der Waals surface area contributed by atoms with E-state index in [0.717, 1.165) is 11.1 Å². The molecule has 1 aliphatic rings. The van der Waals surface area contributed by atoms with Gasteiger partial charge in [0.1, 0.15) is 5.58 Å². The molecular weight excluding hydrogens is 388 g/mol. The fraction of sp³-hybridized carbons (Fsp3) is 0.0870. The smallest absolute Gasteiger partial charge is 0.291 e. The summed E-state index contributed by atoms with van der Waals surface area (Å²) in [7, 11) is 0. The number of hydrogen-bond acceptors (Lipinski definition) is 4. The predicted octanol–water partition coefficient (Wildman–Crippen LogP) is 4.59. The van der Waals surface area contributed by atoms with Gasteiger partial charge >= 0.3 is 0 Å². The largest absolute Gasteiger partial charge is 0.450 e. The van der Waals surface area contributed by atoms with E-state index in [-0.39, 0.29) is 23.6 Å². The van der Waals surface area contributed by atoms with E-state index in [4.69, 9.17) is 16.0 Å². The summed E-state index contributed by atoms with van der Waals surface area (Å²) in [5, 5.41) is 1.01. The molecule has 0 fully saturated rings. The minimum Gasteiger partial charge on any atom is -0.450 e. The fourth-order valence-corrected chi connectivity index (χ4v) is 4.02. The van der Waals surface area contributed by atoms with Crippen LogP contribution in [0.25, 0.3) is 11.0 Å². The summed E-state index contributed by atoms with van der Waals surface area (Å²) in [5.41, 5.74) is 2.07. The summed E-state index contributed by atoms with van der Waals surface area (Å²) < 4.78 is 5.90. The van der Waals surface area contributed by atoms with Crippen molar-refractivity contribution in [3.8, 4) is 0 Å². The van der Waals surface area contributed by atoms with Crippen molar-refractivity contribution in [2.24, 2.45) is 0 Å². The molecule has 1 amide bonds. The van der Waals surface area contributed by atoms with Gasteiger partial charge in [0.15, 0.2) is 5.43 Å².